The third kappa shape index (κ3) is 5.36. The number of para-hydroxylation sites is 2. The Hall–Kier alpha value is -3.93. The standard InChI is InChI=1S/C25H23N3O3/c1-17-7-11-19(12-8-17)25-28-27-24(31-25)16-15-23(29)26-21-5-3-4-6-22(21)30-20-13-9-18(2)10-14-20/h3-14H,15-16H2,1-2H3,(H,26,29). The number of amides is 1. The van der Waals surface area contributed by atoms with E-state index in [0.29, 0.717) is 35.4 Å². The first kappa shape index (κ1) is 20.3. The van der Waals surface area contributed by atoms with Gasteiger partial charge in [-0.25, -0.2) is 0 Å². The van der Waals surface area contributed by atoms with Gasteiger partial charge in [0.1, 0.15) is 5.75 Å². The number of nitrogens with zero attached hydrogens (tertiary/aromatic N) is 2. The van der Waals surface area contributed by atoms with Gasteiger partial charge in [-0.05, 0) is 50.2 Å². The Morgan fingerprint density at radius 1 is 0.903 bits per heavy atom. The number of carbonyl (C=O) groups excluding carboxylic acids is 1. The fourth-order valence-electron chi connectivity index (χ4n) is 2.99. The van der Waals surface area contributed by atoms with Crippen molar-refractivity contribution < 1.29 is 13.9 Å². The van der Waals surface area contributed by atoms with Crippen molar-refractivity contribution in [3.8, 4) is 23.0 Å². The maximum Gasteiger partial charge on any atom is 0.247 e. The number of ether oxygens (including phenoxy) is 1. The van der Waals surface area contributed by atoms with Crippen LogP contribution in [0.1, 0.15) is 23.4 Å². The summed E-state index contributed by atoms with van der Waals surface area (Å²) in [5.41, 5.74) is 3.78. The van der Waals surface area contributed by atoms with Crippen LogP contribution in [0.2, 0.25) is 0 Å². The summed E-state index contributed by atoms with van der Waals surface area (Å²) in [4.78, 5) is 12.5. The summed E-state index contributed by atoms with van der Waals surface area (Å²) in [6.07, 6.45) is 0.570. The molecule has 0 spiro atoms. The van der Waals surface area contributed by atoms with E-state index in [9.17, 15) is 4.79 Å². The SMILES string of the molecule is Cc1ccc(Oc2ccccc2NC(=O)CCc2nnc(-c3ccc(C)cc3)o2)cc1. The summed E-state index contributed by atoms with van der Waals surface area (Å²) < 4.78 is 11.6. The highest BCUT2D eigenvalue weighted by molar-refractivity contribution is 5.92. The van der Waals surface area contributed by atoms with Gasteiger partial charge in [0.15, 0.2) is 5.75 Å². The minimum Gasteiger partial charge on any atom is -0.455 e. The van der Waals surface area contributed by atoms with Crippen molar-refractivity contribution in [1.82, 2.24) is 10.2 Å². The molecule has 6 heteroatoms. The lowest BCUT2D eigenvalue weighted by atomic mass is 10.1. The quantitative estimate of drug-likeness (QED) is 0.419. The van der Waals surface area contributed by atoms with Crippen LogP contribution in [0.5, 0.6) is 11.5 Å². The molecule has 0 fully saturated rings. The van der Waals surface area contributed by atoms with Crippen LogP contribution in [0.4, 0.5) is 5.69 Å². The number of aromatic nitrogens is 2. The molecule has 4 aromatic rings. The predicted octanol–water partition coefficient (Wildman–Crippen LogP) is 5.72. The van der Waals surface area contributed by atoms with E-state index in [-0.39, 0.29) is 12.3 Å². The molecule has 0 saturated carbocycles. The summed E-state index contributed by atoms with van der Waals surface area (Å²) in [6, 6.07) is 22.9. The van der Waals surface area contributed by atoms with Gasteiger partial charge in [0, 0.05) is 18.4 Å². The molecule has 0 atom stereocenters. The van der Waals surface area contributed by atoms with Crippen LogP contribution in [-0.4, -0.2) is 16.1 Å². The average Bonchev–Trinajstić information content (AvgIpc) is 3.25. The van der Waals surface area contributed by atoms with Crippen molar-refractivity contribution >= 4 is 11.6 Å². The Balaban J connectivity index is 1.36. The number of nitrogens with one attached hydrogen (secondary N) is 1. The maximum absolute atomic E-state index is 12.5. The molecule has 1 amide bonds. The van der Waals surface area contributed by atoms with Crippen molar-refractivity contribution in [2.75, 3.05) is 5.32 Å². The zero-order valence-electron chi connectivity index (χ0n) is 17.5. The number of carbonyl (C=O) groups is 1. The van der Waals surface area contributed by atoms with Crippen LogP contribution in [0.3, 0.4) is 0 Å². The molecule has 0 bridgehead atoms. The second kappa shape index (κ2) is 9.26. The molecule has 6 nitrogen and oxygen atoms in total. The zero-order valence-corrected chi connectivity index (χ0v) is 17.5. The van der Waals surface area contributed by atoms with E-state index in [0.717, 1.165) is 16.7 Å². The van der Waals surface area contributed by atoms with E-state index >= 15 is 0 Å². The van der Waals surface area contributed by atoms with E-state index < -0.39 is 0 Å². The topological polar surface area (TPSA) is 77.2 Å². The van der Waals surface area contributed by atoms with Crippen molar-refractivity contribution in [3.63, 3.8) is 0 Å². The van der Waals surface area contributed by atoms with Crippen LogP contribution < -0.4 is 10.1 Å². The number of anilines is 1. The Labute approximate surface area is 180 Å². The number of hydrogen-bond acceptors (Lipinski definition) is 5. The van der Waals surface area contributed by atoms with Crippen LogP contribution >= 0.6 is 0 Å². The molecular formula is C25H23N3O3. The van der Waals surface area contributed by atoms with Gasteiger partial charge < -0.3 is 14.5 Å². The highest BCUT2D eigenvalue weighted by atomic mass is 16.5. The van der Waals surface area contributed by atoms with Crippen LogP contribution in [0.15, 0.2) is 77.2 Å². The first-order valence-corrected chi connectivity index (χ1v) is 10.1. The first-order chi connectivity index (χ1) is 15.1. The molecule has 1 heterocycles. The molecule has 31 heavy (non-hydrogen) atoms. The van der Waals surface area contributed by atoms with Gasteiger partial charge in [-0.2, -0.15) is 0 Å². The third-order valence-electron chi connectivity index (χ3n) is 4.74. The maximum atomic E-state index is 12.5. The second-order valence-corrected chi connectivity index (χ2v) is 7.33. The smallest absolute Gasteiger partial charge is 0.247 e. The molecule has 1 aromatic heterocycles. The van der Waals surface area contributed by atoms with Gasteiger partial charge in [0.05, 0.1) is 5.69 Å². The Kier molecular flexibility index (Phi) is 6.08. The van der Waals surface area contributed by atoms with E-state index in [1.165, 1.54) is 0 Å². The van der Waals surface area contributed by atoms with E-state index in [4.69, 9.17) is 9.15 Å². The molecule has 4 rings (SSSR count). The van der Waals surface area contributed by atoms with Crippen molar-refractivity contribution in [3.05, 3.63) is 89.8 Å². The number of benzene rings is 3. The van der Waals surface area contributed by atoms with Gasteiger partial charge in [-0.15, -0.1) is 10.2 Å². The Morgan fingerprint density at radius 2 is 1.58 bits per heavy atom. The van der Waals surface area contributed by atoms with E-state index in [1.54, 1.807) is 0 Å². The highest BCUT2D eigenvalue weighted by Gasteiger charge is 2.12. The number of hydrogen-bond donors (Lipinski definition) is 1. The molecule has 0 aliphatic heterocycles. The molecule has 0 saturated heterocycles. The van der Waals surface area contributed by atoms with Gasteiger partial charge in [-0.3, -0.25) is 4.79 Å². The molecule has 0 aliphatic carbocycles. The van der Waals surface area contributed by atoms with Gasteiger partial charge in [0.2, 0.25) is 17.7 Å². The van der Waals surface area contributed by atoms with Gasteiger partial charge in [-0.1, -0.05) is 47.5 Å². The summed E-state index contributed by atoms with van der Waals surface area (Å²) in [5, 5.41) is 11.0. The molecule has 3 aromatic carbocycles. The highest BCUT2D eigenvalue weighted by Crippen LogP contribution is 2.29. The van der Waals surface area contributed by atoms with E-state index in [1.807, 2.05) is 86.6 Å². The lowest BCUT2D eigenvalue weighted by molar-refractivity contribution is -0.116. The van der Waals surface area contributed by atoms with Crippen molar-refractivity contribution in [1.29, 1.82) is 0 Å². The van der Waals surface area contributed by atoms with Crippen molar-refractivity contribution in [2.45, 2.75) is 26.7 Å². The van der Waals surface area contributed by atoms with Gasteiger partial charge >= 0.3 is 0 Å². The molecule has 156 valence electrons. The summed E-state index contributed by atoms with van der Waals surface area (Å²) in [6.45, 7) is 4.04. The first-order valence-electron chi connectivity index (χ1n) is 10.1. The lowest BCUT2D eigenvalue weighted by Crippen LogP contribution is -2.13. The predicted molar refractivity (Wildman–Crippen MR) is 119 cm³/mol. The minimum absolute atomic E-state index is 0.157. The summed E-state index contributed by atoms with van der Waals surface area (Å²) >= 11 is 0. The minimum atomic E-state index is -0.157. The summed E-state index contributed by atoms with van der Waals surface area (Å²) in [7, 11) is 0. The van der Waals surface area contributed by atoms with Crippen molar-refractivity contribution in [2.24, 2.45) is 0 Å². The second-order valence-electron chi connectivity index (χ2n) is 7.33. The van der Waals surface area contributed by atoms with E-state index in [2.05, 4.69) is 15.5 Å². The zero-order chi connectivity index (χ0) is 21.6. The summed E-state index contributed by atoms with van der Waals surface area (Å²) in [5.74, 6) is 2.01. The normalized spacial score (nSPS) is 10.6. The third-order valence-corrected chi connectivity index (χ3v) is 4.74. The largest absolute Gasteiger partial charge is 0.455 e. The molecule has 0 radical (unpaired) electrons. The molecule has 0 unspecified atom stereocenters. The average molecular weight is 413 g/mol. The fourth-order valence-corrected chi connectivity index (χ4v) is 2.99. The fraction of sp³-hybridized carbons (Fsp3) is 0.160. The molecule has 1 N–H and O–H groups in total. The van der Waals surface area contributed by atoms with Gasteiger partial charge in [0.25, 0.3) is 0 Å². The molecule has 0 aliphatic rings. The Morgan fingerprint density at radius 3 is 2.32 bits per heavy atom. The Bertz CT molecular complexity index is 1170. The number of rotatable bonds is 7. The van der Waals surface area contributed by atoms with Crippen LogP contribution in [-0.2, 0) is 11.2 Å². The monoisotopic (exact) mass is 413 g/mol. The molecular weight excluding hydrogens is 390 g/mol. The lowest BCUT2D eigenvalue weighted by Gasteiger charge is -2.12. The van der Waals surface area contributed by atoms with Crippen LogP contribution in [0.25, 0.3) is 11.5 Å². The van der Waals surface area contributed by atoms with Crippen LogP contribution in [0, 0.1) is 13.8 Å². The number of aryl methyl sites for hydroxylation is 3.